The van der Waals surface area contributed by atoms with Gasteiger partial charge in [0.2, 0.25) is 0 Å². The second-order valence-corrected chi connectivity index (χ2v) is 5.30. The van der Waals surface area contributed by atoms with Crippen molar-refractivity contribution < 1.29 is 18.7 Å². The molecule has 0 bridgehead atoms. The van der Waals surface area contributed by atoms with Crippen LogP contribution in [0, 0.1) is 11.6 Å². The molecule has 2 rings (SSSR count). The Bertz CT molecular complexity index is 528. The SMILES string of the molecule is N/C(=N/O)C1CN(Cc2c(F)ccc(Br)c2F)CCO1. The first-order valence-corrected chi connectivity index (χ1v) is 6.76. The molecule has 1 aromatic carbocycles. The summed E-state index contributed by atoms with van der Waals surface area (Å²) in [6.45, 7) is 1.26. The Kier molecular flexibility index (Phi) is 4.90. The number of amidine groups is 1. The summed E-state index contributed by atoms with van der Waals surface area (Å²) in [6.07, 6.45) is -0.577. The monoisotopic (exact) mass is 349 g/mol. The number of morpholine rings is 1. The molecule has 3 N–H and O–H groups in total. The lowest BCUT2D eigenvalue weighted by Gasteiger charge is -2.32. The quantitative estimate of drug-likeness (QED) is 0.286. The highest BCUT2D eigenvalue weighted by Crippen LogP contribution is 2.23. The molecule has 0 aromatic heterocycles. The van der Waals surface area contributed by atoms with Crippen LogP contribution in [-0.2, 0) is 11.3 Å². The lowest BCUT2D eigenvalue weighted by atomic mass is 10.1. The van der Waals surface area contributed by atoms with Crippen LogP contribution in [0.3, 0.4) is 0 Å². The fraction of sp³-hybridized carbons (Fsp3) is 0.417. The van der Waals surface area contributed by atoms with Crippen molar-refractivity contribution in [3.05, 3.63) is 33.8 Å². The zero-order valence-electron chi connectivity index (χ0n) is 10.5. The van der Waals surface area contributed by atoms with Crippen molar-refractivity contribution in [3.8, 4) is 0 Å². The van der Waals surface area contributed by atoms with Gasteiger partial charge in [-0.3, -0.25) is 4.90 Å². The van der Waals surface area contributed by atoms with E-state index in [-0.39, 0.29) is 22.4 Å². The predicted octanol–water partition coefficient (Wildman–Crippen LogP) is 1.67. The van der Waals surface area contributed by atoms with E-state index in [1.165, 1.54) is 12.1 Å². The summed E-state index contributed by atoms with van der Waals surface area (Å²) in [5.41, 5.74) is 5.47. The number of halogens is 3. The average molecular weight is 350 g/mol. The maximum absolute atomic E-state index is 13.9. The molecule has 1 heterocycles. The number of ether oxygens (including phenoxy) is 1. The van der Waals surface area contributed by atoms with Gasteiger partial charge in [0.25, 0.3) is 0 Å². The Labute approximate surface area is 123 Å². The largest absolute Gasteiger partial charge is 0.409 e. The zero-order chi connectivity index (χ0) is 14.7. The smallest absolute Gasteiger partial charge is 0.169 e. The number of hydrogen-bond donors (Lipinski definition) is 2. The van der Waals surface area contributed by atoms with E-state index in [4.69, 9.17) is 15.7 Å². The normalized spacial score (nSPS) is 21.1. The van der Waals surface area contributed by atoms with Gasteiger partial charge in [0.05, 0.1) is 11.1 Å². The third-order valence-corrected chi connectivity index (χ3v) is 3.73. The topological polar surface area (TPSA) is 71.1 Å². The summed E-state index contributed by atoms with van der Waals surface area (Å²) in [7, 11) is 0. The molecule has 0 radical (unpaired) electrons. The fourth-order valence-corrected chi connectivity index (χ4v) is 2.40. The van der Waals surface area contributed by atoms with Crippen LogP contribution in [-0.4, -0.2) is 41.7 Å². The van der Waals surface area contributed by atoms with Crippen molar-refractivity contribution in [3.63, 3.8) is 0 Å². The molecule has 1 unspecified atom stereocenters. The van der Waals surface area contributed by atoms with Crippen molar-refractivity contribution in [1.29, 1.82) is 0 Å². The van der Waals surface area contributed by atoms with E-state index >= 15 is 0 Å². The van der Waals surface area contributed by atoms with Crippen LogP contribution in [0.2, 0.25) is 0 Å². The van der Waals surface area contributed by atoms with Crippen molar-refractivity contribution in [1.82, 2.24) is 4.90 Å². The molecular formula is C12H14BrF2N3O2. The van der Waals surface area contributed by atoms with Crippen LogP contribution in [0.5, 0.6) is 0 Å². The zero-order valence-corrected chi connectivity index (χ0v) is 12.1. The van der Waals surface area contributed by atoms with Gasteiger partial charge in [-0.2, -0.15) is 0 Å². The van der Waals surface area contributed by atoms with Crippen LogP contribution in [0.1, 0.15) is 5.56 Å². The molecule has 1 saturated heterocycles. The van der Waals surface area contributed by atoms with E-state index in [9.17, 15) is 8.78 Å². The molecule has 1 aliphatic rings. The van der Waals surface area contributed by atoms with Crippen LogP contribution in [0.4, 0.5) is 8.78 Å². The van der Waals surface area contributed by atoms with Crippen LogP contribution in [0.25, 0.3) is 0 Å². The number of nitrogens with two attached hydrogens (primary N) is 1. The molecule has 1 fully saturated rings. The minimum Gasteiger partial charge on any atom is -0.409 e. The number of rotatable bonds is 3. The second-order valence-electron chi connectivity index (χ2n) is 4.44. The summed E-state index contributed by atoms with van der Waals surface area (Å²) in [6, 6.07) is 2.54. The minimum atomic E-state index is -0.614. The molecule has 110 valence electrons. The highest BCUT2D eigenvalue weighted by atomic mass is 79.9. The van der Waals surface area contributed by atoms with Crippen molar-refractivity contribution in [2.75, 3.05) is 19.7 Å². The van der Waals surface area contributed by atoms with E-state index in [2.05, 4.69) is 21.1 Å². The van der Waals surface area contributed by atoms with E-state index in [1.54, 1.807) is 4.90 Å². The van der Waals surface area contributed by atoms with Crippen LogP contribution >= 0.6 is 15.9 Å². The molecular weight excluding hydrogens is 336 g/mol. The number of oxime groups is 1. The molecule has 0 spiro atoms. The van der Waals surface area contributed by atoms with Gasteiger partial charge in [-0.25, -0.2) is 8.78 Å². The first-order valence-electron chi connectivity index (χ1n) is 5.96. The molecule has 5 nitrogen and oxygen atoms in total. The lowest BCUT2D eigenvalue weighted by molar-refractivity contribution is 0.000649. The van der Waals surface area contributed by atoms with Gasteiger partial charge < -0.3 is 15.7 Å². The Morgan fingerprint density at radius 3 is 3.00 bits per heavy atom. The Balaban J connectivity index is 2.12. The molecule has 1 atom stereocenters. The van der Waals surface area contributed by atoms with Gasteiger partial charge in [-0.15, -0.1) is 0 Å². The minimum absolute atomic E-state index is 0.0143. The van der Waals surface area contributed by atoms with E-state index in [1.807, 2.05) is 0 Å². The summed E-state index contributed by atoms with van der Waals surface area (Å²) in [4.78, 5) is 1.79. The van der Waals surface area contributed by atoms with Crippen LogP contribution < -0.4 is 5.73 Å². The Morgan fingerprint density at radius 1 is 1.55 bits per heavy atom. The lowest BCUT2D eigenvalue weighted by Crippen LogP contribution is -2.48. The summed E-state index contributed by atoms with van der Waals surface area (Å²) < 4.78 is 33.2. The first-order chi connectivity index (χ1) is 9.52. The molecule has 1 aromatic rings. The highest BCUT2D eigenvalue weighted by Gasteiger charge is 2.25. The van der Waals surface area contributed by atoms with Crippen molar-refractivity contribution in [2.45, 2.75) is 12.6 Å². The van der Waals surface area contributed by atoms with Crippen molar-refractivity contribution >= 4 is 21.8 Å². The van der Waals surface area contributed by atoms with E-state index in [0.717, 1.165) is 0 Å². The van der Waals surface area contributed by atoms with Crippen molar-refractivity contribution in [2.24, 2.45) is 10.9 Å². The summed E-state index contributed by atoms with van der Waals surface area (Å²) in [5.74, 6) is -1.26. The number of benzene rings is 1. The molecule has 8 heteroatoms. The number of hydrogen-bond acceptors (Lipinski definition) is 4. The fourth-order valence-electron chi connectivity index (χ4n) is 2.03. The molecule has 20 heavy (non-hydrogen) atoms. The van der Waals surface area contributed by atoms with Crippen LogP contribution in [0.15, 0.2) is 21.8 Å². The van der Waals surface area contributed by atoms with Gasteiger partial charge in [-0.05, 0) is 28.1 Å². The van der Waals surface area contributed by atoms with Gasteiger partial charge in [-0.1, -0.05) is 5.16 Å². The van der Waals surface area contributed by atoms with Gasteiger partial charge in [0, 0.05) is 25.2 Å². The molecule has 1 aliphatic heterocycles. The van der Waals surface area contributed by atoms with Gasteiger partial charge in [0.1, 0.15) is 17.7 Å². The Morgan fingerprint density at radius 2 is 2.30 bits per heavy atom. The average Bonchev–Trinajstić information content (AvgIpc) is 2.47. The summed E-state index contributed by atoms with van der Waals surface area (Å²) in [5, 5.41) is 11.5. The first kappa shape index (κ1) is 15.1. The third-order valence-electron chi connectivity index (χ3n) is 3.12. The van der Waals surface area contributed by atoms with Gasteiger partial charge >= 0.3 is 0 Å². The molecule has 0 amide bonds. The molecule has 0 saturated carbocycles. The number of nitrogens with zero attached hydrogens (tertiary/aromatic N) is 2. The summed E-state index contributed by atoms with van der Waals surface area (Å²) >= 11 is 3.03. The highest BCUT2D eigenvalue weighted by molar-refractivity contribution is 9.10. The second kappa shape index (κ2) is 6.47. The van der Waals surface area contributed by atoms with E-state index < -0.39 is 17.7 Å². The van der Waals surface area contributed by atoms with E-state index in [0.29, 0.717) is 19.7 Å². The maximum Gasteiger partial charge on any atom is 0.169 e. The molecule has 0 aliphatic carbocycles. The maximum atomic E-state index is 13.9. The third kappa shape index (κ3) is 3.25. The predicted molar refractivity (Wildman–Crippen MR) is 72.5 cm³/mol. The standard InChI is InChI=1S/C12H14BrF2N3O2/c13-8-1-2-9(14)7(11(8)15)5-18-3-4-20-10(6-18)12(16)17-19/h1-2,10,19H,3-6H2,(H2,16,17). The Hall–Kier alpha value is -1.25. The van der Waals surface area contributed by atoms with Gasteiger partial charge in [0.15, 0.2) is 5.84 Å².